The van der Waals surface area contributed by atoms with E-state index in [2.05, 4.69) is 0 Å². The first-order valence-electron chi connectivity index (χ1n) is 7.66. The minimum Gasteiger partial charge on any atom is -0.459 e. The zero-order valence-electron chi connectivity index (χ0n) is 13.3. The van der Waals surface area contributed by atoms with Gasteiger partial charge in [-0.3, -0.25) is 19.3 Å². The van der Waals surface area contributed by atoms with Crippen molar-refractivity contribution in [3.63, 3.8) is 0 Å². The second-order valence-electron chi connectivity index (χ2n) is 5.55. The predicted molar refractivity (Wildman–Crippen MR) is 87.1 cm³/mol. The fourth-order valence-electron chi connectivity index (χ4n) is 2.65. The molecule has 0 N–H and O–H groups in total. The molecular weight excluding hydrogens is 320 g/mol. The number of fused-ring (bicyclic) bond motifs is 1. The van der Waals surface area contributed by atoms with Crippen LogP contribution in [0.3, 0.4) is 0 Å². The van der Waals surface area contributed by atoms with E-state index in [9.17, 15) is 14.4 Å². The van der Waals surface area contributed by atoms with Crippen LogP contribution in [-0.2, 0) is 27.4 Å². The van der Waals surface area contributed by atoms with Gasteiger partial charge in [-0.2, -0.15) is 5.26 Å². The van der Waals surface area contributed by atoms with Gasteiger partial charge >= 0.3 is 5.97 Å². The van der Waals surface area contributed by atoms with Crippen LogP contribution in [0.4, 0.5) is 0 Å². The van der Waals surface area contributed by atoms with Crippen molar-refractivity contribution in [1.82, 2.24) is 4.90 Å². The predicted octanol–water partition coefficient (Wildman–Crippen LogP) is 1.83. The van der Waals surface area contributed by atoms with Crippen molar-refractivity contribution in [2.45, 2.75) is 13.0 Å². The number of amides is 2. The maximum absolute atomic E-state index is 12.4. The first-order valence-corrected chi connectivity index (χ1v) is 7.66. The van der Waals surface area contributed by atoms with E-state index in [-0.39, 0.29) is 13.0 Å². The highest BCUT2D eigenvalue weighted by Crippen LogP contribution is 2.19. The van der Waals surface area contributed by atoms with Gasteiger partial charge in [-0.05, 0) is 17.7 Å². The van der Waals surface area contributed by atoms with Crippen molar-refractivity contribution < 1.29 is 19.1 Å². The van der Waals surface area contributed by atoms with Gasteiger partial charge < -0.3 is 4.74 Å². The summed E-state index contributed by atoms with van der Waals surface area (Å²) in [6.07, 6.45) is 0.0759. The lowest BCUT2D eigenvalue weighted by atomic mass is 9.98. The molecule has 0 atom stereocenters. The third-order valence-corrected chi connectivity index (χ3v) is 3.95. The molecule has 2 amide bonds. The van der Waals surface area contributed by atoms with Gasteiger partial charge in [0.05, 0.1) is 18.1 Å². The molecule has 1 heterocycles. The van der Waals surface area contributed by atoms with E-state index in [0.717, 1.165) is 4.90 Å². The molecule has 0 aliphatic carbocycles. The van der Waals surface area contributed by atoms with Gasteiger partial charge in [0.25, 0.3) is 5.91 Å². The lowest BCUT2D eigenvalue weighted by molar-refractivity contribution is -0.149. The molecule has 0 aromatic heterocycles. The van der Waals surface area contributed by atoms with Crippen LogP contribution in [0.25, 0.3) is 0 Å². The molecular formula is C19H14N2O4. The molecule has 0 saturated carbocycles. The van der Waals surface area contributed by atoms with E-state index in [4.69, 9.17) is 10.00 Å². The van der Waals surface area contributed by atoms with Crippen molar-refractivity contribution in [2.24, 2.45) is 0 Å². The van der Waals surface area contributed by atoms with Gasteiger partial charge in [0.15, 0.2) is 0 Å². The standard InChI is InChI=1S/C19H14N2O4/c20-10-14-6-1-2-7-15(14)12-25-18(23)11-21-17(22)9-13-5-3-4-8-16(13)19(21)24/h1-8H,9,11-12H2. The maximum atomic E-state index is 12.4. The Balaban J connectivity index is 1.66. The molecule has 2 aromatic rings. The molecule has 2 aromatic carbocycles. The monoisotopic (exact) mass is 334 g/mol. The summed E-state index contributed by atoms with van der Waals surface area (Å²) in [5, 5.41) is 9.02. The van der Waals surface area contributed by atoms with Crippen LogP contribution in [0.15, 0.2) is 48.5 Å². The molecule has 0 bridgehead atoms. The molecule has 1 aliphatic heterocycles. The Bertz CT molecular complexity index is 898. The van der Waals surface area contributed by atoms with E-state index in [1.54, 1.807) is 48.5 Å². The number of hydrogen-bond acceptors (Lipinski definition) is 5. The molecule has 1 aliphatic rings. The Morgan fingerprint density at radius 1 is 1.12 bits per heavy atom. The van der Waals surface area contributed by atoms with E-state index in [0.29, 0.717) is 22.3 Å². The highest BCUT2D eigenvalue weighted by atomic mass is 16.5. The summed E-state index contributed by atoms with van der Waals surface area (Å²) in [7, 11) is 0. The molecule has 6 heteroatoms. The van der Waals surface area contributed by atoms with Crippen LogP contribution in [0, 0.1) is 11.3 Å². The first kappa shape index (κ1) is 16.4. The molecule has 0 unspecified atom stereocenters. The SMILES string of the molecule is N#Cc1ccccc1COC(=O)CN1C(=O)Cc2ccccc2C1=O. The van der Waals surface area contributed by atoms with Crippen molar-refractivity contribution in [3.8, 4) is 6.07 Å². The zero-order chi connectivity index (χ0) is 17.8. The number of nitrogens with zero attached hydrogens (tertiary/aromatic N) is 2. The minimum atomic E-state index is -0.700. The molecule has 3 rings (SSSR count). The summed E-state index contributed by atoms with van der Waals surface area (Å²) in [5.74, 6) is -1.63. The number of nitriles is 1. The molecule has 0 fully saturated rings. The normalized spacial score (nSPS) is 13.2. The van der Waals surface area contributed by atoms with Gasteiger partial charge in [0, 0.05) is 11.1 Å². The quantitative estimate of drug-likeness (QED) is 0.629. The zero-order valence-corrected chi connectivity index (χ0v) is 13.3. The topological polar surface area (TPSA) is 87.5 Å². The number of carbonyl (C=O) groups is 3. The van der Waals surface area contributed by atoms with E-state index in [1.807, 2.05) is 6.07 Å². The summed E-state index contributed by atoms with van der Waals surface area (Å²) in [5.41, 5.74) is 2.06. The van der Waals surface area contributed by atoms with Crippen molar-refractivity contribution in [2.75, 3.05) is 6.54 Å². The first-order chi connectivity index (χ1) is 12.1. The molecule has 25 heavy (non-hydrogen) atoms. The number of esters is 1. The molecule has 0 spiro atoms. The van der Waals surface area contributed by atoms with Gasteiger partial charge in [0.2, 0.25) is 5.91 Å². The summed E-state index contributed by atoms with van der Waals surface area (Å²) in [6, 6.07) is 15.6. The Hall–Kier alpha value is -3.46. The fourth-order valence-corrected chi connectivity index (χ4v) is 2.65. The Morgan fingerprint density at radius 3 is 2.64 bits per heavy atom. The third kappa shape index (κ3) is 3.40. The summed E-state index contributed by atoms with van der Waals surface area (Å²) in [6.45, 7) is -0.532. The van der Waals surface area contributed by atoms with Gasteiger partial charge in [-0.1, -0.05) is 36.4 Å². The summed E-state index contributed by atoms with van der Waals surface area (Å²) in [4.78, 5) is 37.5. The van der Waals surface area contributed by atoms with E-state index in [1.165, 1.54) is 0 Å². The largest absolute Gasteiger partial charge is 0.459 e. The second-order valence-corrected chi connectivity index (χ2v) is 5.55. The van der Waals surface area contributed by atoms with E-state index >= 15 is 0 Å². The maximum Gasteiger partial charge on any atom is 0.326 e. The van der Waals surface area contributed by atoms with Crippen molar-refractivity contribution >= 4 is 17.8 Å². The lowest BCUT2D eigenvalue weighted by Crippen LogP contribution is -2.45. The molecule has 0 radical (unpaired) electrons. The number of hydrogen-bond donors (Lipinski definition) is 0. The average Bonchev–Trinajstić information content (AvgIpc) is 2.63. The summed E-state index contributed by atoms with van der Waals surface area (Å²) < 4.78 is 5.12. The van der Waals surface area contributed by atoms with Crippen LogP contribution in [-0.4, -0.2) is 29.2 Å². The van der Waals surface area contributed by atoms with Crippen LogP contribution >= 0.6 is 0 Å². The number of ether oxygens (including phenoxy) is 1. The van der Waals surface area contributed by atoms with Crippen molar-refractivity contribution in [3.05, 3.63) is 70.8 Å². The molecule has 124 valence electrons. The number of benzene rings is 2. The summed E-state index contributed by atoms with van der Waals surface area (Å²) >= 11 is 0. The van der Waals surface area contributed by atoms with Crippen LogP contribution in [0.2, 0.25) is 0 Å². The number of carbonyl (C=O) groups excluding carboxylic acids is 3. The highest BCUT2D eigenvalue weighted by molar-refractivity contribution is 6.11. The van der Waals surface area contributed by atoms with E-state index < -0.39 is 24.3 Å². The highest BCUT2D eigenvalue weighted by Gasteiger charge is 2.32. The third-order valence-electron chi connectivity index (χ3n) is 3.95. The second kappa shape index (κ2) is 6.97. The van der Waals surface area contributed by atoms with Crippen LogP contribution in [0.5, 0.6) is 0 Å². The number of imide groups is 1. The Kier molecular flexibility index (Phi) is 4.57. The van der Waals surface area contributed by atoms with Crippen molar-refractivity contribution in [1.29, 1.82) is 5.26 Å². The smallest absolute Gasteiger partial charge is 0.326 e. The van der Waals surface area contributed by atoms with Crippen LogP contribution in [0.1, 0.15) is 27.0 Å². The minimum absolute atomic E-state index is 0.0759. The molecule has 6 nitrogen and oxygen atoms in total. The van der Waals surface area contributed by atoms with Crippen LogP contribution < -0.4 is 0 Å². The Morgan fingerprint density at radius 2 is 1.84 bits per heavy atom. The van der Waals surface area contributed by atoms with Gasteiger partial charge in [0.1, 0.15) is 13.2 Å². The van der Waals surface area contributed by atoms with Gasteiger partial charge in [-0.15, -0.1) is 0 Å². The fraction of sp³-hybridized carbons (Fsp3) is 0.158. The van der Waals surface area contributed by atoms with Gasteiger partial charge in [-0.25, -0.2) is 0 Å². The average molecular weight is 334 g/mol. The molecule has 0 saturated heterocycles. The Labute approximate surface area is 144 Å². The lowest BCUT2D eigenvalue weighted by Gasteiger charge is -2.25. The number of rotatable bonds is 4.